The molecule has 1 atom stereocenters. The first kappa shape index (κ1) is 12.2. The van der Waals surface area contributed by atoms with Crippen LogP contribution >= 0.6 is 0 Å². The molecule has 0 radical (unpaired) electrons. The third kappa shape index (κ3) is 2.31. The molecular formula is C14H23N3O. The highest BCUT2D eigenvalue weighted by Crippen LogP contribution is 2.35. The van der Waals surface area contributed by atoms with Crippen LogP contribution in [-0.4, -0.2) is 40.9 Å². The van der Waals surface area contributed by atoms with Crippen LogP contribution in [0.25, 0.3) is 0 Å². The van der Waals surface area contributed by atoms with Crippen molar-refractivity contribution in [3.8, 4) is 0 Å². The molecule has 100 valence electrons. The molecule has 0 aromatic carbocycles. The standard InChI is InChI=1S/C14H23N3O/c1-11-10-15-16-14(11)13-4-2-3-7-17(13)12-5-8-18-9-6-12/h10,12-13H,2-9H2,1H3,(H,15,16). The Hall–Kier alpha value is -0.870. The van der Waals surface area contributed by atoms with Crippen LogP contribution in [0.3, 0.4) is 0 Å². The fourth-order valence-corrected chi connectivity index (χ4v) is 3.41. The van der Waals surface area contributed by atoms with Crippen molar-refractivity contribution >= 4 is 0 Å². The number of aromatic nitrogens is 2. The minimum absolute atomic E-state index is 0.546. The van der Waals surface area contributed by atoms with E-state index in [1.54, 1.807) is 0 Å². The van der Waals surface area contributed by atoms with Gasteiger partial charge < -0.3 is 4.74 Å². The Morgan fingerprint density at radius 2 is 2.11 bits per heavy atom. The number of hydrogen-bond donors (Lipinski definition) is 1. The lowest BCUT2D eigenvalue weighted by molar-refractivity contribution is 0.00303. The third-order valence-corrected chi connectivity index (χ3v) is 4.41. The maximum absolute atomic E-state index is 5.49. The zero-order valence-electron chi connectivity index (χ0n) is 11.2. The molecule has 4 nitrogen and oxygen atoms in total. The van der Waals surface area contributed by atoms with Gasteiger partial charge in [0.25, 0.3) is 0 Å². The van der Waals surface area contributed by atoms with Crippen LogP contribution < -0.4 is 0 Å². The topological polar surface area (TPSA) is 41.2 Å². The van der Waals surface area contributed by atoms with E-state index in [4.69, 9.17) is 4.74 Å². The fourth-order valence-electron chi connectivity index (χ4n) is 3.41. The molecule has 3 rings (SSSR count). The molecule has 2 aliphatic heterocycles. The van der Waals surface area contributed by atoms with Crippen molar-refractivity contribution < 1.29 is 4.74 Å². The van der Waals surface area contributed by atoms with Gasteiger partial charge in [0.05, 0.1) is 17.9 Å². The van der Waals surface area contributed by atoms with Gasteiger partial charge in [-0.3, -0.25) is 10.00 Å². The van der Waals surface area contributed by atoms with Crippen LogP contribution in [0, 0.1) is 6.92 Å². The van der Waals surface area contributed by atoms with E-state index in [9.17, 15) is 0 Å². The van der Waals surface area contributed by atoms with E-state index in [2.05, 4.69) is 22.0 Å². The van der Waals surface area contributed by atoms with Crippen molar-refractivity contribution in [3.05, 3.63) is 17.5 Å². The van der Waals surface area contributed by atoms with E-state index in [0.29, 0.717) is 12.1 Å². The van der Waals surface area contributed by atoms with Gasteiger partial charge in [0.2, 0.25) is 0 Å². The van der Waals surface area contributed by atoms with Gasteiger partial charge in [-0.05, 0) is 44.7 Å². The molecule has 2 fully saturated rings. The van der Waals surface area contributed by atoms with E-state index in [1.165, 1.54) is 49.9 Å². The third-order valence-electron chi connectivity index (χ3n) is 4.41. The van der Waals surface area contributed by atoms with Gasteiger partial charge in [0, 0.05) is 19.3 Å². The molecule has 3 heterocycles. The van der Waals surface area contributed by atoms with Gasteiger partial charge in [-0.15, -0.1) is 0 Å². The second kappa shape index (κ2) is 5.41. The molecule has 2 aliphatic rings. The summed E-state index contributed by atoms with van der Waals surface area (Å²) in [6.45, 7) is 5.25. The zero-order valence-corrected chi connectivity index (χ0v) is 11.2. The quantitative estimate of drug-likeness (QED) is 0.875. The van der Waals surface area contributed by atoms with Crippen LogP contribution in [0.5, 0.6) is 0 Å². The van der Waals surface area contributed by atoms with Gasteiger partial charge in [0.15, 0.2) is 0 Å². The summed E-state index contributed by atoms with van der Waals surface area (Å²) in [6.07, 6.45) is 8.25. The molecule has 4 heteroatoms. The summed E-state index contributed by atoms with van der Waals surface area (Å²) in [5.41, 5.74) is 2.64. The maximum Gasteiger partial charge on any atom is 0.0553 e. The molecule has 0 spiro atoms. The van der Waals surface area contributed by atoms with Gasteiger partial charge in [-0.25, -0.2) is 0 Å². The summed E-state index contributed by atoms with van der Waals surface area (Å²) in [5.74, 6) is 0. The Morgan fingerprint density at radius 3 is 2.83 bits per heavy atom. The Morgan fingerprint density at radius 1 is 1.28 bits per heavy atom. The largest absolute Gasteiger partial charge is 0.381 e. The van der Waals surface area contributed by atoms with Crippen molar-refractivity contribution in [2.75, 3.05) is 19.8 Å². The zero-order chi connectivity index (χ0) is 12.4. The highest BCUT2D eigenvalue weighted by molar-refractivity contribution is 5.19. The van der Waals surface area contributed by atoms with E-state index < -0.39 is 0 Å². The Labute approximate surface area is 109 Å². The molecule has 1 aromatic heterocycles. The first-order valence-electron chi connectivity index (χ1n) is 7.19. The van der Waals surface area contributed by atoms with Crippen LogP contribution in [0.15, 0.2) is 6.20 Å². The number of piperidine rings is 1. The molecule has 2 saturated heterocycles. The average molecular weight is 249 g/mol. The monoisotopic (exact) mass is 249 g/mol. The van der Waals surface area contributed by atoms with E-state index in [1.807, 2.05) is 6.20 Å². The predicted molar refractivity (Wildman–Crippen MR) is 70.5 cm³/mol. The molecular weight excluding hydrogens is 226 g/mol. The number of H-pyrrole nitrogens is 1. The van der Waals surface area contributed by atoms with Crippen LogP contribution in [0.1, 0.15) is 49.4 Å². The number of aromatic amines is 1. The van der Waals surface area contributed by atoms with Gasteiger partial charge >= 0.3 is 0 Å². The Kier molecular flexibility index (Phi) is 3.66. The molecule has 0 saturated carbocycles. The summed E-state index contributed by atoms with van der Waals surface area (Å²) in [7, 11) is 0. The summed E-state index contributed by atoms with van der Waals surface area (Å²) >= 11 is 0. The summed E-state index contributed by atoms with van der Waals surface area (Å²) in [6, 6.07) is 1.25. The van der Waals surface area contributed by atoms with Gasteiger partial charge in [0.1, 0.15) is 0 Å². The molecule has 1 aromatic rings. The highest BCUT2D eigenvalue weighted by atomic mass is 16.5. The molecule has 0 amide bonds. The fraction of sp³-hybridized carbons (Fsp3) is 0.786. The lowest BCUT2D eigenvalue weighted by Crippen LogP contribution is -2.44. The van der Waals surface area contributed by atoms with E-state index in [0.717, 1.165) is 13.2 Å². The number of likely N-dealkylation sites (tertiary alicyclic amines) is 1. The summed E-state index contributed by atoms with van der Waals surface area (Å²) < 4.78 is 5.49. The summed E-state index contributed by atoms with van der Waals surface area (Å²) in [4.78, 5) is 2.70. The van der Waals surface area contributed by atoms with Crippen molar-refractivity contribution in [1.82, 2.24) is 15.1 Å². The first-order chi connectivity index (χ1) is 8.86. The van der Waals surface area contributed by atoms with Crippen molar-refractivity contribution in [3.63, 3.8) is 0 Å². The molecule has 1 N–H and O–H groups in total. The van der Waals surface area contributed by atoms with Crippen molar-refractivity contribution in [2.45, 2.75) is 51.1 Å². The molecule has 18 heavy (non-hydrogen) atoms. The lowest BCUT2D eigenvalue weighted by Gasteiger charge is -2.42. The number of hydrogen-bond acceptors (Lipinski definition) is 3. The van der Waals surface area contributed by atoms with E-state index >= 15 is 0 Å². The Balaban J connectivity index is 1.79. The van der Waals surface area contributed by atoms with Crippen LogP contribution in [0.2, 0.25) is 0 Å². The number of aryl methyl sites for hydroxylation is 1. The Bertz CT molecular complexity index is 384. The number of rotatable bonds is 2. The van der Waals surface area contributed by atoms with Crippen molar-refractivity contribution in [2.24, 2.45) is 0 Å². The van der Waals surface area contributed by atoms with Crippen LogP contribution in [0.4, 0.5) is 0 Å². The smallest absolute Gasteiger partial charge is 0.0553 e. The van der Waals surface area contributed by atoms with Crippen molar-refractivity contribution in [1.29, 1.82) is 0 Å². The van der Waals surface area contributed by atoms with Gasteiger partial charge in [-0.1, -0.05) is 6.42 Å². The number of ether oxygens (including phenoxy) is 1. The average Bonchev–Trinajstić information content (AvgIpc) is 2.86. The molecule has 0 bridgehead atoms. The van der Waals surface area contributed by atoms with Gasteiger partial charge in [-0.2, -0.15) is 5.10 Å². The van der Waals surface area contributed by atoms with Crippen LogP contribution in [-0.2, 0) is 4.74 Å². The minimum atomic E-state index is 0.546. The summed E-state index contributed by atoms with van der Waals surface area (Å²) in [5, 5.41) is 7.42. The highest BCUT2D eigenvalue weighted by Gasteiger charge is 2.32. The predicted octanol–water partition coefficient (Wildman–Crippen LogP) is 2.42. The molecule has 0 aliphatic carbocycles. The SMILES string of the molecule is Cc1cn[nH]c1C1CCCCN1C1CCOCC1. The van der Waals surface area contributed by atoms with E-state index in [-0.39, 0.29) is 0 Å². The maximum atomic E-state index is 5.49. The number of nitrogens with one attached hydrogen (secondary N) is 1. The first-order valence-corrected chi connectivity index (χ1v) is 7.19. The number of nitrogens with zero attached hydrogens (tertiary/aromatic N) is 2. The molecule has 1 unspecified atom stereocenters. The second-order valence-corrected chi connectivity index (χ2v) is 5.56. The second-order valence-electron chi connectivity index (χ2n) is 5.56. The normalized spacial score (nSPS) is 27.5. The minimum Gasteiger partial charge on any atom is -0.381 e. The lowest BCUT2D eigenvalue weighted by atomic mass is 9.93.